The molecule has 0 bridgehead atoms. The van der Waals surface area contributed by atoms with Crippen molar-refractivity contribution in [1.29, 1.82) is 0 Å². The highest BCUT2D eigenvalue weighted by Gasteiger charge is 2.24. The predicted molar refractivity (Wildman–Crippen MR) is 99.5 cm³/mol. The number of aromatic nitrogens is 1. The van der Waals surface area contributed by atoms with Crippen LogP contribution in [-0.4, -0.2) is 65.9 Å². The fourth-order valence-corrected chi connectivity index (χ4v) is 3.45. The molecule has 1 aliphatic rings. The van der Waals surface area contributed by atoms with Gasteiger partial charge in [-0.25, -0.2) is 14.6 Å². The van der Waals surface area contributed by atoms with Crippen LogP contribution in [0.2, 0.25) is 0 Å². The highest BCUT2D eigenvalue weighted by atomic mass is 32.1. The van der Waals surface area contributed by atoms with Crippen LogP contribution in [0.5, 0.6) is 0 Å². The van der Waals surface area contributed by atoms with Gasteiger partial charge in [0, 0.05) is 44.1 Å². The van der Waals surface area contributed by atoms with Crippen LogP contribution in [0.3, 0.4) is 0 Å². The lowest BCUT2D eigenvalue weighted by Gasteiger charge is -2.26. The van der Waals surface area contributed by atoms with Gasteiger partial charge in [0.25, 0.3) is 0 Å². The van der Waals surface area contributed by atoms with Gasteiger partial charge in [0.15, 0.2) is 0 Å². The SMILES string of the molecule is CC(C)c1nc(CN(C)C(=O)NC(CNC2CCOCC2)C(=O)O)cs1. The minimum Gasteiger partial charge on any atom is -0.480 e. The number of hydrogen-bond acceptors (Lipinski definition) is 6. The third-order valence-corrected chi connectivity index (χ3v) is 5.43. The molecular weight excluding hydrogens is 356 g/mol. The Morgan fingerprint density at radius 3 is 2.69 bits per heavy atom. The van der Waals surface area contributed by atoms with E-state index in [2.05, 4.69) is 29.5 Å². The molecule has 1 saturated heterocycles. The Labute approximate surface area is 157 Å². The molecule has 2 heterocycles. The molecule has 1 atom stereocenters. The molecule has 9 heteroatoms. The average Bonchev–Trinajstić information content (AvgIpc) is 3.07. The molecule has 1 aliphatic heterocycles. The normalized spacial score (nSPS) is 16.5. The molecule has 1 fully saturated rings. The summed E-state index contributed by atoms with van der Waals surface area (Å²) in [7, 11) is 1.63. The number of thiazole rings is 1. The highest BCUT2D eigenvalue weighted by molar-refractivity contribution is 7.09. The van der Waals surface area contributed by atoms with E-state index >= 15 is 0 Å². The summed E-state index contributed by atoms with van der Waals surface area (Å²) >= 11 is 1.57. The summed E-state index contributed by atoms with van der Waals surface area (Å²) in [5, 5.41) is 18.1. The monoisotopic (exact) mass is 384 g/mol. The van der Waals surface area contributed by atoms with Crippen LogP contribution >= 0.6 is 11.3 Å². The number of carbonyl (C=O) groups is 2. The van der Waals surface area contributed by atoms with Gasteiger partial charge in [0.2, 0.25) is 0 Å². The van der Waals surface area contributed by atoms with Crippen LogP contribution < -0.4 is 10.6 Å². The Morgan fingerprint density at radius 2 is 2.12 bits per heavy atom. The summed E-state index contributed by atoms with van der Waals surface area (Å²) in [5.74, 6) is -0.706. The zero-order valence-electron chi connectivity index (χ0n) is 15.5. The van der Waals surface area contributed by atoms with Crippen molar-refractivity contribution in [3.8, 4) is 0 Å². The fraction of sp³-hybridized carbons (Fsp3) is 0.706. The summed E-state index contributed by atoms with van der Waals surface area (Å²) in [6.07, 6.45) is 1.70. The maximum Gasteiger partial charge on any atom is 0.327 e. The minimum atomic E-state index is -1.05. The number of carboxylic acid groups (broad SMARTS) is 1. The minimum absolute atomic E-state index is 0.188. The van der Waals surface area contributed by atoms with E-state index in [9.17, 15) is 14.7 Å². The number of amides is 2. The summed E-state index contributed by atoms with van der Waals surface area (Å²) in [6.45, 7) is 6.03. The lowest BCUT2D eigenvalue weighted by molar-refractivity contribution is -0.139. The summed E-state index contributed by atoms with van der Waals surface area (Å²) in [4.78, 5) is 29.7. The number of nitrogens with one attached hydrogen (secondary N) is 2. The first-order valence-corrected chi connectivity index (χ1v) is 9.74. The van der Waals surface area contributed by atoms with Crippen LogP contribution in [0.25, 0.3) is 0 Å². The number of rotatable bonds is 8. The maximum atomic E-state index is 12.3. The number of carboxylic acids is 1. The standard InChI is InChI=1S/C17H28N4O4S/c1-11(2)15-19-13(10-26-15)9-21(3)17(24)20-14(16(22)23)8-18-12-4-6-25-7-5-12/h10-12,14,18H,4-9H2,1-3H3,(H,20,24)(H,22,23). The van der Waals surface area contributed by atoms with Crippen molar-refractivity contribution >= 4 is 23.3 Å². The second-order valence-electron chi connectivity index (χ2n) is 6.82. The predicted octanol–water partition coefficient (Wildman–Crippen LogP) is 1.63. The molecule has 8 nitrogen and oxygen atoms in total. The molecular formula is C17H28N4O4S. The summed E-state index contributed by atoms with van der Waals surface area (Å²) in [6, 6.07) is -1.18. The van der Waals surface area contributed by atoms with E-state index in [0.29, 0.717) is 25.7 Å². The zero-order chi connectivity index (χ0) is 19.1. The summed E-state index contributed by atoms with van der Waals surface area (Å²) < 4.78 is 5.29. The molecule has 0 aromatic carbocycles. The lowest BCUT2D eigenvalue weighted by atomic mass is 10.1. The van der Waals surface area contributed by atoms with Gasteiger partial charge in [-0.2, -0.15) is 0 Å². The second-order valence-corrected chi connectivity index (χ2v) is 7.71. The van der Waals surface area contributed by atoms with Gasteiger partial charge in [0.05, 0.1) is 17.2 Å². The van der Waals surface area contributed by atoms with Crippen LogP contribution in [0.15, 0.2) is 5.38 Å². The zero-order valence-corrected chi connectivity index (χ0v) is 16.3. The van der Waals surface area contributed by atoms with Gasteiger partial charge < -0.3 is 25.4 Å². The number of carbonyl (C=O) groups excluding carboxylic acids is 1. The molecule has 1 aromatic rings. The Hall–Kier alpha value is -1.71. The third kappa shape index (κ3) is 6.22. The van der Waals surface area contributed by atoms with Gasteiger partial charge >= 0.3 is 12.0 Å². The molecule has 0 saturated carbocycles. The topological polar surface area (TPSA) is 104 Å². The molecule has 2 amide bonds. The molecule has 1 aromatic heterocycles. The average molecular weight is 385 g/mol. The smallest absolute Gasteiger partial charge is 0.327 e. The van der Waals surface area contributed by atoms with Crippen molar-refractivity contribution in [2.24, 2.45) is 0 Å². The molecule has 0 spiro atoms. The van der Waals surface area contributed by atoms with Crippen LogP contribution in [-0.2, 0) is 16.1 Å². The van der Waals surface area contributed by atoms with Crippen LogP contribution in [0.4, 0.5) is 4.79 Å². The highest BCUT2D eigenvalue weighted by Crippen LogP contribution is 2.19. The molecule has 0 aliphatic carbocycles. The number of hydrogen-bond donors (Lipinski definition) is 3. The number of urea groups is 1. The van der Waals surface area contributed by atoms with Crippen molar-refractivity contribution in [2.75, 3.05) is 26.8 Å². The number of nitrogens with zero attached hydrogens (tertiary/aromatic N) is 2. The Bertz CT molecular complexity index is 601. The van der Waals surface area contributed by atoms with E-state index in [4.69, 9.17) is 4.74 Å². The van der Waals surface area contributed by atoms with Gasteiger partial charge in [-0.05, 0) is 12.8 Å². The lowest BCUT2D eigenvalue weighted by Crippen LogP contribution is -2.52. The quantitative estimate of drug-likeness (QED) is 0.629. The van der Waals surface area contributed by atoms with Crippen molar-refractivity contribution in [1.82, 2.24) is 20.5 Å². The molecule has 26 heavy (non-hydrogen) atoms. The van der Waals surface area contributed by atoms with E-state index in [-0.39, 0.29) is 12.6 Å². The Balaban J connectivity index is 1.83. The first kappa shape index (κ1) is 20.6. The van der Waals surface area contributed by atoms with Crippen molar-refractivity contribution < 1.29 is 19.4 Å². The van der Waals surface area contributed by atoms with Crippen LogP contribution in [0, 0.1) is 0 Å². The summed E-state index contributed by atoms with van der Waals surface area (Å²) in [5.41, 5.74) is 0.809. The largest absolute Gasteiger partial charge is 0.480 e. The van der Waals surface area contributed by atoms with Crippen LogP contribution in [0.1, 0.15) is 43.3 Å². The van der Waals surface area contributed by atoms with Gasteiger partial charge in [0.1, 0.15) is 6.04 Å². The van der Waals surface area contributed by atoms with Crippen molar-refractivity contribution in [2.45, 2.75) is 51.2 Å². The Morgan fingerprint density at radius 1 is 1.42 bits per heavy atom. The van der Waals surface area contributed by atoms with Gasteiger partial charge in [-0.3, -0.25) is 0 Å². The second kappa shape index (κ2) is 9.84. The third-order valence-electron chi connectivity index (χ3n) is 4.24. The van der Waals surface area contributed by atoms with E-state index in [0.717, 1.165) is 23.5 Å². The molecule has 3 N–H and O–H groups in total. The van der Waals surface area contributed by atoms with Gasteiger partial charge in [-0.15, -0.1) is 11.3 Å². The maximum absolute atomic E-state index is 12.3. The van der Waals surface area contributed by atoms with Gasteiger partial charge in [-0.1, -0.05) is 13.8 Å². The van der Waals surface area contributed by atoms with Crippen molar-refractivity contribution in [3.05, 3.63) is 16.1 Å². The first-order chi connectivity index (χ1) is 12.4. The molecule has 0 radical (unpaired) electrons. The number of aliphatic carboxylic acids is 1. The Kier molecular flexibility index (Phi) is 7.80. The van der Waals surface area contributed by atoms with E-state index in [1.54, 1.807) is 18.4 Å². The molecule has 2 rings (SSSR count). The van der Waals surface area contributed by atoms with Crippen molar-refractivity contribution in [3.63, 3.8) is 0 Å². The molecule has 1 unspecified atom stereocenters. The van der Waals surface area contributed by atoms with E-state index in [1.807, 2.05) is 5.38 Å². The van der Waals surface area contributed by atoms with E-state index < -0.39 is 18.0 Å². The fourth-order valence-electron chi connectivity index (χ4n) is 2.62. The molecule has 146 valence electrons. The number of ether oxygens (including phenoxy) is 1. The van der Waals surface area contributed by atoms with E-state index in [1.165, 1.54) is 4.90 Å². The first-order valence-electron chi connectivity index (χ1n) is 8.86.